The van der Waals surface area contributed by atoms with E-state index in [0.29, 0.717) is 11.1 Å². The quantitative estimate of drug-likeness (QED) is 0.689. The lowest BCUT2D eigenvalue weighted by molar-refractivity contribution is 0.313. The SMILES string of the molecule is CC(C)c1cnn2c(Nc3ccc(N4CCN(C)CC4)cc3)cc(Cl)nc12. The van der Waals surface area contributed by atoms with Gasteiger partial charge in [-0.1, -0.05) is 25.4 Å². The molecule has 0 spiro atoms. The summed E-state index contributed by atoms with van der Waals surface area (Å²) < 4.78 is 1.82. The second-order valence-electron chi connectivity index (χ2n) is 7.42. The molecule has 0 amide bonds. The molecular formula is C20H25ClN6. The van der Waals surface area contributed by atoms with E-state index in [1.165, 1.54) is 5.69 Å². The number of likely N-dealkylation sites (N-methyl/N-ethyl adjacent to an activating group) is 1. The van der Waals surface area contributed by atoms with E-state index in [1.54, 1.807) is 6.07 Å². The summed E-state index contributed by atoms with van der Waals surface area (Å²) in [7, 11) is 2.17. The standard InChI is InChI=1S/C20H25ClN6/c1-14(2)17-13-22-27-19(12-18(21)24-20(17)27)23-15-4-6-16(7-5-15)26-10-8-25(3)9-11-26/h4-7,12-14,23H,8-11H2,1-3H3. The number of halogens is 1. The summed E-state index contributed by atoms with van der Waals surface area (Å²) in [4.78, 5) is 9.24. The van der Waals surface area contributed by atoms with Crippen LogP contribution in [0.4, 0.5) is 17.2 Å². The highest BCUT2D eigenvalue weighted by molar-refractivity contribution is 6.29. The molecule has 0 unspecified atom stereocenters. The van der Waals surface area contributed by atoms with Gasteiger partial charge in [-0.3, -0.25) is 0 Å². The van der Waals surface area contributed by atoms with Crippen LogP contribution in [0.1, 0.15) is 25.3 Å². The van der Waals surface area contributed by atoms with Crippen LogP contribution < -0.4 is 10.2 Å². The zero-order valence-electron chi connectivity index (χ0n) is 16.0. The lowest BCUT2D eigenvalue weighted by atomic mass is 10.1. The Bertz CT molecular complexity index is 926. The van der Waals surface area contributed by atoms with Crippen LogP contribution >= 0.6 is 11.6 Å². The molecule has 1 aromatic carbocycles. The van der Waals surface area contributed by atoms with Gasteiger partial charge in [0.25, 0.3) is 0 Å². The van der Waals surface area contributed by atoms with Gasteiger partial charge in [-0.05, 0) is 37.2 Å². The molecule has 1 aliphatic heterocycles. The molecule has 142 valence electrons. The Labute approximate surface area is 164 Å². The molecule has 1 N–H and O–H groups in total. The molecule has 1 fully saturated rings. The first-order valence-electron chi connectivity index (χ1n) is 9.36. The molecule has 7 heteroatoms. The van der Waals surface area contributed by atoms with Crippen LogP contribution in [0, 0.1) is 0 Å². The minimum absolute atomic E-state index is 0.337. The molecular weight excluding hydrogens is 360 g/mol. The van der Waals surface area contributed by atoms with Gasteiger partial charge in [0.2, 0.25) is 0 Å². The maximum Gasteiger partial charge on any atom is 0.162 e. The van der Waals surface area contributed by atoms with E-state index < -0.39 is 0 Å². The summed E-state index contributed by atoms with van der Waals surface area (Å²) in [5, 5.41) is 8.38. The zero-order valence-corrected chi connectivity index (χ0v) is 16.7. The van der Waals surface area contributed by atoms with Crippen LogP contribution in [0.2, 0.25) is 5.15 Å². The molecule has 0 bridgehead atoms. The second-order valence-corrected chi connectivity index (χ2v) is 7.80. The fraction of sp³-hybridized carbons (Fsp3) is 0.400. The van der Waals surface area contributed by atoms with E-state index in [2.05, 4.69) is 70.4 Å². The minimum Gasteiger partial charge on any atom is -0.369 e. The molecule has 2 aromatic heterocycles. The van der Waals surface area contributed by atoms with Crippen molar-refractivity contribution in [3.63, 3.8) is 0 Å². The second kappa shape index (κ2) is 7.37. The van der Waals surface area contributed by atoms with Crippen LogP contribution in [0.15, 0.2) is 36.5 Å². The number of piperazine rings is 1. The Morgan fingerprint density at radius 1 is 1.07 bits per heavy atom. The third kappa shape index (κ3) is 3.73. The van der Waals surface area contributed by atoms with Gasteiger partial charge in [0.1, 0.15) is 11.0 Å². The Balaban J connectivity index is 1.57. The smallest absolute Gasteiger partial charge is 0.162 e. The molecule has 0 saturated carbocycles. The Hall–Kier alpha value is -2.31. The van der Waals surface area contributed by atoms with Crippen LogP contribution in [0.3, 0.4) is 0 Å². The summed E-state index contributed by atoms with van der Waals surface area (Å²) in [6.07, 6.45) is 1.87. The van der Waals surface area contributed by atoms with Crippen LogP contribution in [-0.2, 0) is 0 Å². The monoisotopic (exact) mass is 384 g/mol. The average Bonchev–Trinajstić information content (AvgIpc) is 3.07. The Morgan fingerprint density at radius 2 is 1.78 bits per heavy atom. The number of nitrogens with zero attached hydrogens (tertiary/aromatic N) is 5. The summed E-state index contributed by atoms with van der Waals surface area (Å²) in [5.41, 5.74) is 4.14. The van der Waals surface area contributed by atoms with Gasteiger partial charge in [0.05, 0.1) is 6.20 Å². The first-order valence-corrected chi connectivity index (χ1v) is 9.74. The summed E-state index contributed by atoms with van der Waals surface area (Å²) in [5.74, 6) is 1.15. The van der Waals surface area contributed by atoms with E-state index in [0.717, 1.165) is 48.9 Å². The summed E-state index contributed by atoms with van der Waals surface area (Å²) in [6, 6.07) is 10.3. The summed E-state index contributed by atoms with van der Waals surface area (Å²) in [6.45, 7) is 8.59. The number of fused-ring (bicyclic) bond motifs is 1. The first kappa shape index (κ1) is 18.1. The van der Waals surface area contributed by atoms with Gasteiger partial charge in [-0.15, -0.1) is 0 Å². The third-order valence-electron chi connectivity index (χ3n) is 5.10. The summed E-state index contributed by atoms with van der Waals surface area (Å²) >= 11 is 6.26. The number of aromatic nitrogens is 3. The number of benzene rings is 1. The molecule has 3 heterocycles. The topological polar surface area (TPSA) is 48.7 Å². The van der Waals surface area contributed by atoms with Gasteiger partial charge in [0, 0.05) is 49.2 Å². The largest absolute Gasteiger partial charge is 0.369 e. The van der Waals surface area contributed by atoms with Crippen LogP contribution in [0.25, 0.3) is 5.65 Å². The van der Waals surface area contributed by atoms with Gasteiger partial charge < -0.3 is 15.1 Å². The normalized spacial score (nSPS) is 15.7. The lowest BCUT2D eigenvalue weighted by Gasteiger charge is -2.34. The van der Waals surface area contributed by atoms with E-state index in [1.807, 2.05) is 10.7 Å². The zero-order chi connectivity index (χ0) is 19.0. The van der Waals surface area contributed by atoms with E-state index in [-0.39, 0.29) is 0 Å². The van der Waals surface area contributed by atoms with Crippen LogP contribution in [0.5, 0.6) is 0 Å². The van der Waals surface area contributed by atoms with Gasteiger partial charge in [-0.2, -0.15) is 9.61 Å². The average molecular weight is 385 g/mol. The van der Waals surface area contributed by atoms with Crippen molar-refractivity contribution in [2.75, 3.05) is 43.4 Å². The third-order valence-corrected chi connectivity index (χ3v) is 5.29. The van der Waals surface area contributed by atoms with Gasteiger partial charge >= 0.3 is 0 Å². The Kier molecular flexibility index (Phi) is 4.93. The molecule has 1 aliphatic rings. The first-order chi connectivity index (χ1) is 13.0. The predicted molar refractivity (Wildman–Crippen MR) is 112 cm³/mol. The van der Waals surface area contributed by atoms with Gasteiger partial charge in [0.15, 0.2) is 5.65 Å². The number of rotatable bonds is 4. The maximum absolute atomic E-state index is 6.26. The number of anilines is 3. The van der Waals surface area contributed by atoms with Crippen molar-refractivity contribution in [3.8, 4) is 0 Å². The van der Waals surface area contributed by atoms with Crippen molar-refractivity contribution in [2.24, 2.45) is 0 Å². The molecule has 0 radical (unpaired) electrons. The molecule has 4 rings (SSSR count). The predicted octanol–water partition coefficient (Wildman–Crippen LogP) is 4.00. The van der Waals surface area contributed by atoms with Gasteiger partial charge in [-0.25, -0.2) is 4.98 Å². The lowest BCUT2D eigenvalue weighted by Crippen LogP contribution is -2.44. The number of hydrogen-bond donors (Lipinski definition) is 1. The van der Waals surface area contributed by atoms with Crippen molar-refractivity contribution < 1.29 is 0 Å². The van der Waals surface area contributed by atoms with E-state index >= 15 is 0 Å². The molecule has 0 atom stereocenters. The fourth-order valence-corrected chi connectivity index (χ4v) is 3.60. The van der Waals surface area contributed by atoms with Crippen molar-refractivity contribution in [3.05, 3.63) is 47.2 Å². The fourth-order valence-electron chi connectivity index (χ4n) is 3.41. The van der Waals surface area contributed by atoms with Crippen molar-refractivity contribution in [2.45, 2.75) is 19.8 Å². The minimum atomic E-state index is 0.337. The van der Waals surface area contributed by atoms with Crippen LogP contribution in [-0.4, -0.2) is 52.7 Å². The van der Waals surface area contributed by atoms with Crippen molar-refractivity contribution in [1.82, 2.24) is 19.5 Å². The van der Waals surface area contributed by atoms with Crippen molar-refractivity contribution in [1.29, 1.82) is 0 Å². The van der Waals surface area contributed by atoms with E-state index in [4.69, 9.17) is 11.6 Å². The highest BCUT2D eigenvalue weighted by atomic mass is 35.5. The molecule has 3 aromatic rings. The highest BCUT2D eigenvalue weighted by Crippen LogP contribution is 2.27. The molecule has 0 aliphatic carbocycles. The van der Waals surface area contributed by atoms with E-state index in [9.17, 15) is 0 Å². The molecule has 27 heavy (non-hydrogen) atoms. The Morgan fingerprint density at radius 3 is 2.44 bits per heavy atom. The van der Waals surface area contributed by atoms with Crippen molar-refractivity contribution >= 4 is 34.4 Å². The number of nitrogens with one attached hydrogen (secondary N) is 1. The highest BCUT2D eigenvalue weighted by Gasteiger charge is 2.15. The maximum atomic E-state index is 6.26. The molecule has 6 nitrogen and oxygen atoms in total. The number of hydrogen-bond acceptors (Lipinski definition) is 5. The molecule has 1 saturated heterocycles.